The smallest absolute Gasteiger partial charge is 0.409 e. The largest absolute Gasteiger partial charge is 0.450 e. The molecule has 0 aliphatic carbocycles. The summed E-state index contributed by atoms with van der Waals surface area (Å²) in [6.07, 6.45) is 7.03. The molecule has 21 heavy (non-hydrogen) atoms. The number of hydrogen-bond acceptors (Lipinski definition) is 4. The standard InChI is InChI=1S/C14H17ClN4O2/c1-2-21-14(20)18-6-3-10(4-7-18)11-9-19-8-5-16-13(19)12(15)17-11/h5,8-10H,2-4,6-7H2,1H3. The number of amides is 1. The van der Waals surface area contributed by atoms with E-state index in [4.69, 9.17) is 16.3 Å². The number of hydrogen-bond donors (Lipinski definition) is 0. The van der Waals surface area contributed by atoms with Gasteiger partial charge in [0.15, 0.2) is 10.8 Å². The molecule has 6 nitrogen and oxygen atoms in total. The molecule has 7 heteroatoms. The van der Waals surface area contributed by atoms with Crippen LogP contribution in [0.15, 0.2) is 18.6 Å². The lowest BCUT2D eigenvalue weighted by molar-refractivity contribution is 0.0968. The minimum atomic E-state index is -0.230. The molecule has 1 saturated heterocycles. The van der Waals surface area contributed by atoms with Crippen LogP contribution < -0.4 is 0 Å². The van der Waals surface area contributed by atoms with E-state index in [1.165, 1.54) is 0 Å². The van der Waals surface area contributed by atoms with Crippen molar-refractivity contribution in [3.8, 4) is 0 Å². The Bertz CT molecular complexity index is 649. The zero-order valence-corrected chi connectivity index (χ0v) is 12.6. The van der Waals surface area contributed by atoms with Crippen molar-refractivity contribution in [1.82, 2.24) is 19.3 Å². The second-order valence-electron chi connectivity index (χ2n) is 5.07. The monoisotopic (exact) mass is 308 g/mol. The van der Waals surface area contributed by atoms with Gasteiger partial charge in [0.1, 0.15) is 0 Å². The van der Waals surface area contributed by atoms with E-state index in [0.29, 0.717) is 36.4 Å². The Morgan fingerprint density at radius 3 is 2.95 bits per heavy atom. The Kier molecular flexibility index (Phi) is 3.96. The summed E-state index contributed by atoms with van der Waals surface area (Å²) in [6, 6.07) is 0. The highest BCUT2D eigenvalue weighted by Gasteiger charge is 2.26. The molecular weight excluding hydrogens is 292 g/mol. The molecular formula is C14H17ClN4O2. The predicted octanol–water partition coefficient (Wildman–Crippen LogP) is 2.72. The van der Waals surface area contributed by atoms with Gasteiger partial charge >= 0.3 is 6.09 Å². The van der Waals surface area contributed by atoms with Crippen molar-refractivity contribution in [3.63, 3.8) is 0 Å². The van der Waals surface area contributed by atoms with Crippen molar-refractivity contribution < 1.29 is 9.53 Å². The molecule has 1 aliphatic heterocycles. The number of carbonyl (C=O) groups is 1. The van der Waals surface area contributed by atoms with Crippen LogP contribution in [-0.2, 0) is 4.74 Å². The molecule has 0 unspecified atom stereocenters. The topological polar surface area (TPSA) is 59.7 Å². The Morgan fingerprint density at radius 2 is 2.24 bits per heavy atom. The number of piperidine rings is 1. The van der Waals surface area contributed by atoms with Gasteiger partial charge in [-0.05, 0) is 19.8 Å². The molecule has 0 saturated carbocycles. The quantitative estimate of drug-likeness (QED) is 0.856. The summed E-state index contributed by atoms with van der Waals surface area (Å²) in [7, 11) is 0. The van der Waals surface area contributed by atoms with Gasteiger partial charge in [0.05, 0.1) is 12.3 Å². The molecule has 1 fully saturated rings. The van der Waals surface area contributed by atoms with Crippen LogP contribution in [0.3, 0.4) is 0 Å². The lowest BCUT2D eigenvalue weighted by Gasteiger charge is -2.30. The van der Waals surface area contributed by atoms with Crippen LogP contribution in [0.25, 0.3) is 5.65 Å². The van der Waals surface area contributed by atoms with Gasteiger partial charge in [0, 0.05) is 37.6 Å². The fraction of sp³-hybridized carbons (Fsp3) is 0.500. The molecule has 0 bridgehead atoms. The molecule has 0 aromatic carbocycles. The molecule has 112 valence electrons. The molecule has 0 radical (unpaired) electrons. The fourth-order valence-electron chi connectivity index (χ4n) is 2.68. The highest BCUT2D eigenvalue weighted by Crippen LogP contribution is 2.28. The Morgan fingerprint density at radius 1 is 1.48 bits per heavy atom. The van der Waals surface area contributed by atoms with Gasteiger partial charge in [0.25, 0.3) is 0 Å². The zero-order valence-electron chi connectivity index (χ0n) is 11.8. The molecule has 2 aromatic heterocycles. The lowest BCUT2D eigenvalue weighted by atomic mass is 9.94. The van der Waals surface area contributed by atoms with E-state index in [1.54, 1.807) is 11.1 Å². The van der Waals surface area contributed by atoms with Crippen molar-refractivity contribution in [2.45, 2.75) is 25.7 Å². The minimum Gasteiger partial charge on any atom is -0.450 e. The van der Waals surface area contributed by atoms with Crippen LogP contribution in [0.4, 0.5) is 4.79 Å². The summed E-state index contributed by atoms with van der Waals surface area (Å²) in [5.41, 5.74) is 1.62. The number of ether oxygens (including phenoxy) is 1. The first-order valence-electron chi connectivity index (χ1n) is 7.10. The summed E-state index contributed by atoms with van der Waals surface area (Å²) in [6.45, 7) is 3.60. The third-order valence-corrected chi connectivity index (χ3v) is 4.04. The van der Waals surface area contributed by atoms with Gasteiger partial charge in [-0.15, -0.1) is 0 Å². The fourth-order valence-corrected chi connectivity index (χ4v) is 2.92. The number of aromatic nitrogens is 3. The summed E-state index contributed by atoms with van der Waals surface area (Å²) in [4.78, 5) is 22.0. The normalized spacial score (nSPS) is 16.4. The number of rotatable bonds is 2. The Hall–Kier alpha value is -1.82. The van der Waals surface area contributed by atoms with Crippen LogP contribution in [0, 0.1) is 0 Å². The number of nitrogens with zero attached hydrogens (tertiary/aromatic N) is 4. The van der Waals surface area contributed by atoms with E-state index >= 15 is 0 Å². The van der Waals surface area contributed by atoms with Crippen molar-refractivity contribution >= 4 is 23.3 Å². The molecule has 0 spiro atoms. The Labute approximate surface area is 127 Å². The van der Waals surface area contributed by atoms with Crippen LogP contribution in [0.2, 0.25) is 5.15 Å². The number of fused-ring (bicyclic) bond motifs is 1. The maximum atomic E-state index is 11.7. The number of imidazole rings is 1. The molecule has 2 aromatic rings. The maximum absolute atomic E-state index is 11.7. The molecule has 3 heterocycles. The van der Waals surface area contributed by atoms with Crippen molar-refractivity contribution in [2.24, 2.45) is 0 Å². The highest BCUT2D eigenvalue weighted by molar-refractivity contribution is 6.32. The predicted molar refractivity (Wildman–Crippen MR) is 78.6 cm³/mol. The summed E-state index contributed by atoms with van der Waals surface area (Å²) >= 11 is 6.16. The minimum absolute atomic E-state index is 0.230. The summed E-state index contributed by atoms with van der Waals surface area (Å²) < 4.78 is 6.92. The van der Waals surface area contributed by atoms with E-state index in [2.05, 4.69) is 9.97 Å². The maximum Gasteiger partial charge on any atom is 0.409 e. The molecule has 0 atom stereocenters. The van der Waals surface area contributed by atoms with E-state index in [1.807, 2.05) is 23.7 Å². The van der Waals surface area contributed by atoms with Crippen LogP contribution in [-0.4, -0.2) is 45.1 Å². The Balaban J connectivity index is 1.72. The van der Waals surface area contributed by atoms with Gasteiger partial charge < -0.3 is 14.0 Å². The van der Waals surface area contributed by atoms with Crippen LogP contribution in [0.5, 0.6) is 0 Å². The van der Waals surface area contributed by atoms with E-state index in [-0.39, 0.29) is 6.09 Å². The van der Waals surface area contributed by atoms with Crippen molar-refractivity contribution in [3.05, 3.63) is 29.4 Å². The second-order valence-corrected chi connectivity index (χ2v) is 5.43. The molecule has 1 amide bonds. The summed E-state index contributed by atoms with van der Waals surface area (Å²) in [5, 5.41) is 0.422. The summed E-state index contributed by atoms with van der Waals surface area (Å²) in [5.74, 6) is 0.306. The van der Waals surface area contributed by atoms with E-state index in [0.717, 1.165) is 18.5 Å². The van der Waals surface area contributed by atoms with Crippen molar-refractivity contribution in [1.29, 1.82) is 0 Å². The average Bonchev–Trinajstić information content (AvgIpc) is 2.97. The molecule has 3 rings (SSSR count). The van der Waals surface area contributed by atoms with E-state index < -0.39 is 0 Å². The number of likely N-dealkylation sites (tertiary alicyclic amines) is 1. The SMILES string of the molecule is CCOC(=O)N1CCC(c2cn3ccnc3c(Cl)n2)CC1. The van der Waals surface area contributed by atoms with Gasteiger partial charge in [0.2, 0.25) is 0 Å². The van der Waals surface area contributed by atoms with Crippen molar-refractivity contribution in [2.75, 3.05) is 19.7 Å². The average molecular weight is 309 g/mol. The first kappa shape index (κ1) is 14.1. The van der Waals surface area contributed by atoms with E-state index in [9.17, 15) is 4.79 Å². The second kappa shape index (κ2) is 5.89. The first-order chi connectivity index (χ1) is 10.2. The molecule has 1 aliphatic rings. The first-order valence-corrected chi connectivity index (χ1v) is 7.47. The van der Waals surface area contributed by atoms with Gasteiger partial charge in [-0.3, -0.25) is 0 Å². The highest BCUT2D eigenvalue weighted by atomic mass is 35.5. The van der Waals surface area contributed by atoms with Gasteiger partial charge in [-0.2, -0.15) is 0 Å². The molecule has 0 N–H and O–H groups in total. The van der Waals surface area contributed by atoms with Crippen LogP contribution >= 0.6 is 11.6 Å². The number of halogens is 1. The third-order valence-electron chi connectivity index (χ3n) is 3.79. The number of carbonyl (C=O) groups excluding carboxylic acids is 1. The van der Waals surface area contributed by atoms with Crippen LogP contribution in [0.1, 0.15) is 31.4 Å². The third kappa shape index (κ3) is 2.81. The lowest BCUT2D eigenvalue weighted by Crippen LogP contribution is -2.38. The van der Waals surface area contributed by atoms with Gasteiger partial charge in [-0.1, -0.05) is 11.6 Å². The van der Waals surface area contributed by atoms with Gasteiger partial charge in [-0.25, -0.2) is 14.8 Å². The zero-order chi connectivity index (χ0) is 14.8.